The number of carboxylic acids is 2. The molecule has 0 aliphatic carbocycles. The highest BCUT2D eigenvalue weighted by molar-refractivity contribution is 5.90. The van der Waals surface area contributed by atoms with E-state index in [4.69, 9.17) is 0 Å². The maximum absolute atomic E-state index is 13.9. The Morgan fingerprint density at radius 1 is 0.971 bits per heavy atom. The quantitative estimate of drug-likeness (QED) is 0.592. The Morgan fingerprint density at radius 3 is 2.26 bits per heavy atom. The minimum absolute atomic E-state index is 0.0927. The third-order valence-corrected chi connectivity index (χ3v) is 6.70. The van der Waals surface area contributed by atoms with Crippen LogP contribution >= 0.6 is 0 Å². The van der Waals surface area contributed by atoms with Crippen molar-refractivity contribution in [2.75, 3.05) is 66.0 Å². The molecule has 1 aromatic carbocycles. The van der Waals surface area contributed by atoms with Gasteiger partial charge in [0.15, 0.2) is 0 Å². The van der Waals surface area contributed by atoms with Crippen molar-refractivity contribution in [1.29, 1.82) is 0 Å². The summed E-state index contributed by atoms with van der Waals surface area (Å²) in [5.74, 6) is -2.58. The SMILES string of the molecule is CN1CCN(C(=O)CN2CCN(C(C(=O)O)c3cn(CC(=O)O)c4cc(F)ccc34)CC2)CC1. The molecule has 1 aromatic heterocycles. The molecule has 0 saturated carbocycles. The van der Waals surface area contributed by atoms with Gasteiger partial charge >= 0.3 is 11.9 Å². The van der Waals surface area contributed by atoms with Gasteiger partial charge in [-0.1, -0.05) is 0 Å². The van der Waals surface area contributed by atoms with Gasteiger partial charge in [-0.3, -0.25) is 24.2 Å². The van der Waals surface area contributed by atoms with E-state index in [0.29, 0.717) is 49.2 Å². The third kappa shape index (κ3) is 5.21. The zero-order valence-corrected chi connectivity index (χ0v) is 19.2. The fraction of sp³-hybridized carbons (Fsp3) is 0.522. The second-order valence-corrected chi connectivity index (χ2v) is 9.00. The van der Waals surface area contributed by atoms with Gasteiger partial charge in [-0.2, -0.15) is 0 Å². The Labute approximate surface area is 196 Å². The summed E-state index contributed by atoms with van der Waals surface area (Å²) in [6.07, 6.45) is 1.50. The summed E-state index contributed by atoms with van der Waals surface area (Å²) in [7, 11) is 2.04. The van der Waals surface area contributed by atoms with Crippen LogP contribution in [-0.2, 0) is 20.9 Å². The molecular weight excluding hydrogens is 445 g/mol. The average Bonchev–Trinajstić information content (AvgIpc) is 3.11. The Hall–Kier alpha value is -3.02. The van der Waals surface area contributed by atoms with E-state index >= 15 is 0 Å². The molecule has 0 spiro atoms. The van der Waals surface area contributed by atoms with Crippen molar-refractivity contribution in [2.24, 2.45) is 0 Å². The van der Waals surface area contributed by atoms with Gasteiger partial charge in [-0.05, 0) is 25.2 Å². The van der Waals surface area contributed by atoms with Crippen LogP contribution in [0.2, 0.25) is 0 Å². The van der Waals surface area contributed by atoms with E-state index < -0.39 is 30.3 Å². The number of likely N-dealkylation sites (N-methyl/N-ethyl adjacent to an activating group) is 1. The number of aliphatic carboxylic acids is 2. The minimum atomic E-state index is -1.10. The van der Waals surface area contributed by atoms with Crippen LogP contribution in [0.15, 0.2) is 24.4 Å². The Bertz CT molecular complexity index is 1070. The monoisotopic (exact) mass is 475 g/mol. The minimum Gasteiger partial charge on any atom is -0.480 e. The first-order chi connectivity index (χ1) is 16.2. The van der Waals surface area contributed by atoms with Crippen LogP contribution in [0.4, 0.5) is 4.39 Å². The summed E-state index contributed by atoms with van der Waals surface area (Å²) >= 11 is 0. The van der Waals surface area contributed by atoms with E-state index in [1.54, 1.807) is 0 Å². The van der Waals surface area contributed by atoms with Gasteiger partial charge in [0.1, 0.15) is 18.4 Å². The first kappa shape index (κ1) is 24.1. The highest BCUT2D eigenvalue weighted by atomic mass is 19.1. The lowest BCUT2D eigenvalue weighted by molar-refractivity contribution is -0.145. The fourth-order valence-electron chi connectivity index (χ4n) is 4.80. The summed E-state index contributed by atoms with van der Waals surface area (Å²) in [4.78, 5) is 44.2. The van der Waals surface area contributed by atoms with Crippen LogP contribution in [0, 0.1) is 5.82 Å². The Morgan fingerprint density at radius 2 is 1.65 bits per heavy atom. The number of fused-ring (bicyclic) bond motifs is 1. The molecule has 1 unspecified atom stereocenters. The summed E-state index contributed by atoms with van der Waals surface area (Å²) in [6.45, 7) is 5.06. The lowest BCUT2D eigenvalue weighted by atomic mass is 10.0. The van der Waals surface area contributed by atoms with Gasteiger partial charge in [0, 0.05) is 69.5 Å². The first-order valence-corrected chi connectivity index (χ1v) is 11.4. The van der Waals surface area contributed by atoms with E-state index in [1.165, 1.54) is 29.0 Å². The number of amides is 1. The fourth-order valence-corrected chi connectivity index (χ4v) is 4.80. The number of benzene rings is 1. The molecule has 0 bridgehead atoms. The van der Waals surface area contributed by atoms with E-state index in [9.17, 15) is 29.0 Å². The van der Waals surface area contributed by atoms with E-state index in [1.807, 2.05) is 21.7 Å². The highest BCUT2D eigenvalue weighted by Gasteiger charge is 2.33. The number of aromatic nitrogens is 1. The van der Waals surface area contributed by atoms with Crippen LogP contribution in [0.3, 0.4) is 0 Å². The van der Waals surface area contributed by atoms with Gasteiger partial charge in [-0.15, -0.1) is 0 Å². The maximum atomic E-state index is 13.9. The predicted octanol–water partition coefficient (Wildman–Crippen LogP) is 0.382. The van der Waals surface area contributed by atoms with Gasteiger partial charge in [-0.25, -0.2) is 4.39 Å². The molecule has 1 amide bonds. The number of halogens is 1. The summed E-state index contributed by atoms with van der Waals surface area (Å²) in [5.41, 5.74) is 0.783. The van der Waals surface area contributed by atoms with Crippen LogP contribution < -0.4 is 0 Å². The second kappa shape index (κ2) is 10.1. The molecule has 0 radical (unpaired) electrons. The van der Waals surface area contributed by atoms with Crippen molar-refractivity contribution < 1.29 is 29.0 Å². The van der Waals surface area contributed by atoms with Crippen molar-refractivity contribution in [1.82, 2.24) is 24.2 Å². The Kier molecular flexibility index (Phi) is 7.15. The number of rotatable bonds is 7. The highest BCUT2D eigenvalue weighted by Crippen LogP contribution is 2.32. The van der Waals surface area contributed by atoms with Crippen LogP contribution in [0.1, 0.15) is 11.6 Å². The molecule has 2 aliphatic rings. The standard InChI is InChI=1S/C23H30FN5O5/c1-25-4-8-27(9-5-25)20(30)14-26-6-10-28(11-7-26)22(23(33)34)18-13-29(15-21(31)32)19-12-16(24)2-3-17(18)19/h2-3,12-13,22H,4-11,14-15H2,1H3,(H,31,32)(H,33,34). The molecular formula is C23H30FN5O5. The van der Waals surface area contributed by atoms with Crippen molar-refractivity contribution in [2.45, 2.75) is 12.6 Å². The van der Waals surface area contributed by atoms with E-state index in [-0.39, 0.29) is 5.91 Å². The van der Waals surface area contributed by atoms with Crippen molar-refractivity contribution in [3.63, 3.8) is 0 Å². The lowest BCUT2D eigenvalue weighted by Gasteiger charge is -2.39. The molecule has 34 heavy (non-hydrogen) atoms. The number of nitrogens with zero attached hydrogens (tertiary/aromatic N) is 5. The number of piperazine rings is 2. The average molecular weight is 476 g/mol. The molecule has 2 N–H and O–H groups in total. The molecule has 2 fully saturated rings. The zero-order chi connectivity index (χ0) is 24.4. The van der Waals surface area contributed by atoms with Crippen molar-refractivity contribution >= 4 is 28.7 Å². The summed E-state index contributed by atoms with van der Waals surface area (Å²) in [5, 5.41) is 19.8. The number of carboxylic acid groups (broad SMARTS) is 2. The van der Waals surface area contributed by atoms with Gasteiger partial charge in [0.25, 0.3) is 0 Å². The van der Waals surface area contributed by atoms with Crippen LogP contribution in [-0.4, -0.2) is 118 Å². The van der Waals surface area contributed by atoms with Gasteiger partial charge < -0.3 is 24.6 Å². The molecule has 1 atom stereocenters. The zero-order valence-electron chi connectivity index (χ0n) is 19.2. The second-order valence-electron chi connectivity index (χ2n) is 9.00. The maximum Gasteiger partial charge on any atom is 0.325 e. The molecule has 2 aliphatic heterocycles. The van der Waals surface area contributed by atoms with Gasteiger partial charge in [0.2, 0.25) is 5.91 Å². The molecule has 3 heterocycles. The first-order valence-electron chi connectivity index (χ1n) is 11.4. The number of hydrogen-bond acceptors (Lipinski definition) is 6. The normalized spacial score (nSPS) is 19.4. The van der Waals surface area contributed by atoms with Crippen LogP contribution in [0.5, 0.6) is 0 Å². The molecule has 4 rings (SSSR count). The molecule has 2 saturated heterocycles. The number of carbonyl (C=O) groups is 3. The smallest absolute Gasteiger partial charge is 0.325 e. The molecule has 11 heteroatoms. The molecule has 10 nitrogen and oxygen atoms in total. The topological polar surface area (TPSA) is 110 Å². The van der Waals surface area contributed by atoms with Gasteiger partial charge in [0.05, 0.1) is 12.1 Å². The molecule has 2 aromatic rings. The van der Waals surface area contributed by atoms with Crippen LogP contribution in [0.25, 0.3) is 10.9 Å². The van der Waals surface area contributed by atoms with E-state index in [0.717, 1.165) is 26.2 Å². The number of carbonyl (C=O) groups excluding carboxylic acids is 1. The predicted molar refractivity (Wildman–Crippen MR) is 122 cm³/mol. The Balaban J connectivity index is 1.47. The van der Waals surface area contributed by atoms with Crippen molar-refractivity contribution in [3.8, 4) is 0 Å². The summed E-state index contributed by atoms with van der Waals surface area (Å²) < 4.78 is 15.2. The number of hydrogen-bond donors (Lipinski definition) is 2. The largest absolute Gasteiger partial charge is 0.480 e. The molecule has 184 valence electrons. The lowest BCUT2D eigenvalue weighted by Crippen LogP contribution is -2.54. The third-order valence-electron chi connectivity index (χ3n) is 6.70. The summed E-state index contributed by atoms with van der Waals surface area (Å²) in [6, 6.07) is 2.97. The van der Waals surface area contributed by atoms with Crippen molar-refractivity contribution in [3.05, 3.63) is 35.8 Å². The van der Waals surface area contributed by atoms with E-state index in [2.05, 4.69) is 4.90 Å².